The SMILES string of the molecule is CC/C=C/C=C/C=C\C=C/C=C/CCCCCC(=O)OC(CCCCC/C=C/C=C/CCCCCCCCC)CC(=O)NC(CO)C(O)CCCCCCCCCCCCCCC. The molecule has 0 spiro atoms. The molecule has 0 heterocycles. The van der Waals surface area contributed by atoms with Crippen LogP contribution in [0.1, 0.15) is 239 Å². The van der Waals surface area contributed by atoms with E-state index in [-0.39, 0.29) is 24.9 Å². The number of hydrogen-bond acceptors (Lipinski definition) is 5. The predicted octanol–water partition coefficient (Wildman–Crippen LogP) is 16.0. The van der Waals surface area contributed by atoms with Gasteiger partial charge in [0.25, 0.3) is 0 Å². The molecule has 0 bridgehead atoms. The van der Waals surface area contributed by atoms with Crippen LogP contribution in [0, 0.1) is 0 Å². The van der Waals surface area contributed by atoms with Gasteiger partial charge in [0.15, 0.2) is 0 Å². The molecule has 0 radical (unpaired) electrons. The van der Waals surface area contributed by atoms with Crippen LogP contribution in [0.3, 0.4) is 0 Å². The smallest absolute Gasteiger partial charge is 0.306 e. The van der Waals surface area contributed by atoms with Gasteiger partial charge in [0, 0.05) is 6.42 Å². The number of esters is 1. The molecule has 0 fully saturated rings. The Morgan fingerprint density at radius 1 is 0.476 bits per heavy atom. The highest BCUT2D eigenvalue weighted by Crippen LogP contribution is 2.17. The maximum Gasteiger partial charge on any atom is 0.306 e. The largest absolute Gasteiger partial charge is 0.462 e. The normalized spacial score (nSPS) is 13.9. The molecule has 3 N–H and O–H groups in total. The Morgan fingerprint density at radius 3 is 1.33 bits per heavy atom. The van der Waals surface area contributed by atoms with Gasteiger partial charge < -0.3 is 20.3 Å². The summed E-state index contributed by atoms with van der Waals surface area (Å²) in [7, 11) is 0. The summed E-state index contributed by atoms with van der Waals surface area (Å²) in [5.74, 6) is -0.552. The van der Waals surface area contributed by atoms with Crippen LogP contribution in [-0.4, -0.2) is 46.9 Å². The van der Waals surface area contributed by atoms with Crippen LogP contribution in [0.25, 0.3) is 0 Å². The second-order valence-corrected chi connectivity index (χ2v) is 17.7. The van der Waals surface area contributed by atoms with Crippen LogP contribution in [0.2, 0.25) is 0 Å². The van der Waals surface area contributed by atoms with Crippen molar-refractivity contribution in [1.82, 2.24) is 5.32 Å². The average molecular weight is 878 g/mol. The molecule has 63 heavy (non-hydrogen) atoms. The average Bonchev–Trinajstić information content (AvgIpc) is 3.28. The van der Waals surface area contributed by atoms with Gasteiger partial charge in [-0.05, 0) is 70.6 Å². The summed E-state index contributed by atoms with van der Waals surface area (Å²) in [5.41, 5.74) is 0. The van der Waals surface area contributed by atoms with Gasteiger partial charge in [0.1, 0.15) is 6.10 Å². The first kappa shape index (κ1) is 60.0. The van der Waals surface area contributed by atoms with Crippen molar-refractivity contribution in [2.75, 3.05) is 6.61 Å². The third-order valence-electron chi connectivity index (χ3n) is 11.6. The summed E-state index contributed by atoms with van der Waals surface area (Å²) < 4.78 is 5.91. The van der Waals surface area contributed by atoms with E-state index in [2.05, 4.69) is 68.6 Å². The monoisotopic (exact) mass is 878 g/mol. The molecule has 0 aliphatic heterocycles. The molecule has 6 nitrogen and oxygen atoms in total. The standard InChI is InChI=1S/C57H99NO5/c1-4-7-10-13-16-19-22-25-27-29-31-33-36-39-42-45-48-53(63-57(62)50-47-44-41-38-35-32-28-26-23-20-17-14-11-8-5-2)51-56(61)58-54(52-59)55(60)49-46-43-40-37-34-30-24-21-18-15-12-9-6-3/h8,11,14,17,20,23,26-29,31-33,35,53-55,59-60H,4-7,9-10,12-13,15-16,18-19,21-22,24-25,30,34,36-52H2,1-3H3,(H,58,61)/b11-8+,17-14+,23-20-,28-26-,29-27+,33-31+,35-32+. The zero-order chi connectivity index (χ0) is 45.9. The first-order chi connectivity index (χ1) is 31.0. The van der Waals surface area contributed by atoms with Crippen LogP contribution >= 0.6 is 0 Å². The molecule has 0 saturated heterocycles. The number of carbonyl (C=O) groups excluding carboxylic acids is 2. The van der Waals surface area contributed by atoms with Crippen molar-refractivity contribution in [3.8, 4) is 0 Å². The van der Waals surface area contributed by atoms with Crippen LogP contribution in [-0.2, 0) is 14.3 Å². The van der Waals surface area contributed by atoms with Gasteiger partial charge in [-0.3, -0.25) is 9.59 Å². The molecule has 6 heteroatoms. The van der Waals surface area contributed by atoms with Crippen molar-refractivity contribution in [3.05, 3.63) is 85.1 Å². The van der Waals surface area contributed by atoms with Crippen molar-refractivity contribution >= 4 is 11.9 Å². The Bertz CT molecular complexity index is 1210. The molecule has 1 amide bonds. The number of allylic oxidation sites excluding steroid dienone is 14. The molecule has 0 aromatic carbocycles. The van der Waals surface area contributed by atoms with E-state index in [1.54, 1.807) is 0 Å². The topological polar surface area (TPSA) is 95.9 Å². The van der Waals surface area contributed by atoms with E-state index < -0.39 is 18.2 Å². The second-order valence-electron chi connectivity index (χ2n) is 17.7. The number of amides is 1. The summed E-state index contributed by atoms with van der Waals surface area (Å²) in [6, 6.07) is -0.723. The van der Waals surface area contributed by atoms with Gasteiger partial charge in [-0.2, -0.15) is 0 Å². The quantitative estimate of drug-likeness (QED) is 0.0322. The molecule has 362 valence electrons. The highest BCUT2D eigenvalue weighted by Gasteiger charge is 2.24. The van der Waals surface area contributed by atoms with Crippen LogP contribution < -0.4 is 5.32 Å². The van der Waals surface area contributed by atoms with Crippen molar-refractivity contribution in [1.29, 1.82) is 0 Å². The van der Waals surface area contributed by atoms with Gasteiger partial charge >= 0.3 is 5.97 Å². The lowest BCUT2D eigenvalue weighted by atomic mass is 10.0. The van der Waals surface area contributed by atoms with E-state index in [1.807, 2.05) is 42.5 Å². The molecule has 3 atom stereocenters. The van der Waals surface area contributed by atoms with E-state index in [0.29, 0.717) is 19.3 Å². The molecule has 0 aliphatic carbocycles. The zero-order valence-corrected chi connectivity index (χ0v) is 41.2. The highest BCUT2D eigenvalue weighted by molar-refractivity contribution is 5.77. The lowest BCUT2D eigenvalue weighted by molar-refractivity contribution is -0.151. The first-order valence-corrected chi connectivity index (χ1v) is 26.4. The molecule has 0 aromatic heterocycles. The fraction of sp³-hybridized carbons (Fsp3) is 0.719. The Balaban J connectivity index is 4.73. The molecule has 3 unspecified atom stereocenters. The van der Waals surface area contributed by atoms with Gasteiger partial charge in [-0.1, -0.05) is 241 Å². The summed E-state index contributed by atoms with van der Waals surface area (Å²) >= 11 is 0. The van der Waals surface area contributed by atoms with Gasteiger partial charge in [0.05, 0.1) is 25.2 Å². The molecule has 0 aromatic rings. The number of ether oxygens (including phenoxy) is 1. The fourth-order valence-electron chi connectivity index (χ4n) is 7.62. The van der Waals surface area contributed by atoms with Crippen molar-refractivity contribution in [2.24, 2.45) is 0 Å². The number of carbonyl (C=O) groups is 2. The van der Waals surface area contributed by atoms with Crippen molar-refractivity contribution in [3.63, 3.8) is 0 Å². The molecule has 0 aliphatic rings. The Labute approximate surface area is 389 Å². The number of hydrogen-bond donors (Lipinski definition) is 3. The third kappa shape index (κ3) is 45.4. The third-order valence-corrected chi connectivity index (χ3v) is 11.6. The van der Waals surface area contributed by atoms with Crippen LogP contribution in [0.15, 0.2) is 85.1 Å². The van der Waals surface area contributed by atoms with E-state index in [0.717, 1.165) is 83.5 Å². The molecular formula is C57H99NO5. The maximum atomic E-state index is 13.2. The van der Waals surface area contributed by atoms with Gasteiger partial charge in [0.2, 0.25) is 5.91 Å². The first-order valence-electron chi connectivity index (χ1n) is 26.4. The summed E-state index contributed by atoms with van der Waals surface area (Å²) in [6.07, 6.45) is 64.9. The van der Waals surface area contributed by atoms with Gasteiger partial charge in [-0.25, -0.2) is 0 Å². The van der Waals surface area contributed by atoms with Crippen molar-refractivity contribution < 1.29 is 24.5 Å². The predicted molar refractivity (Wildman–Crippen MR) is 273 cm³/mol. The van der Waals surface area contributed by atoms with E-state index in [1.165, 1.54) is 109 Å². The fourth-order valence-corrected chi connectivity index (χ4v) is 7.62. The summed E-state index contributed by atoms with van der Waals surface area (Å²) in [5, 5.41) is 23.8. The minimum atomic E-state index is -0.807. The van der Waals surface area contributed by atoms with E-state index in [4.69, 9.17) is 4.74 Å². The van der Waals surface area contributed by atoms with E-state index >= 15 is 0 Å². The number of aliphatic hydroxyl groups excluding tert-OH is 2. The van der Waals surface area contributed by atoms with Crippen LogP contribution in [0.4, 0.5) is 0 Å². The second kappa shape index (κ2) is 50.0. The Morgan fingerprint density at radius 2 is 0.857 bits per heavy atom. The lowest BCUT2D eigenvalue weighted by Gasteiger charge is -2.24. The maximum absolute atomic E-state index is 13.2. The summed E-state index contributed by atoms with van der Waals surface area (Å²) in [6.45, 7) is 6.32. The van der Waals surface area contributed by atoms with Crippen molar-refractivity contribution in [2.45, 2.75) is 257 Å². The zero-order valence-electron chi connectivity index (χ0n) is 41.2. The summed E-state index contributed by atoms with van der Waals surface area (Å²) in [4.78, 5) is 26.2. The van der Waals surface area contributed by atoms with E-state index in [9.17, 15) is 19.8 Å². The van der Waals surface area contributed by atoms with Crippen LogP contribution in [0.5, 0.6) is 0 Å². The highest BCUT2D eigenvalue weighted by atomic mass is 16.5. The minimum Gasteiger partial charge on any atom is -0.462 e. The lowest BCUT2D eigenvalue weighted by Crippen LogP contribution is -2.46. The Hall–Kier alpha value is -2.96. The number of rotatable bonds is 46. The Kier molecular flexibility index (Phi) is 47.7. The van der Waals surface area contributed by atoms with Gasteiger partial charge in [-0.15, -0.1) is 0 Å². The molecule has 0 rings (SSSR count). The number of nitrogens with one attached hydrogen (secondary N) is 1. The minimum absolute atomic E-state index is 0.0385. The molecular weight excluding hydrogens is 779 g/mol. The number of aliphatic hydroxyl groups is 2. The number of unbranched alkanes of at least 4 members (excludes halogenated alkanes) is 25. The molecule has 0 saturated carbocycles.